The molecule has 1 aliphatic rings. The van der Waals surface area contributed by atoms with Crippen LogP contribution in [-0.2, 0) is 6.42 Å². The van der Waals surface area contributed by atoms with Gasteiger partial charge in [-0.15, -0.1) is 10.2 Å². The first-order valence-electron chi connectivity index (χ1n) is 7.32. The van der Waals surface area contributed by atoms with Crippen LogP contribution in [0.1, 0.15) is 34.8 Å². The second kappa shape index (κ2) is 6.82. The normalized spacial score (nSPS) is 16.0. The maximum Gasteiger partial charge on any atom is 0.293 e. The SMILES string of the molecule is O=C(Nc1nnc(CC[NH+]2CCCCC2)s1)c1ccco1. The van der Waals surface area contributed by atoms with Crippen molar-refractivity contribution in [1.29, 1.82) is 0 Å². The Morgan fingerprint density at radius 1 is 1.33 bits per heavy atom. The number of rotatable bonds is 5. The fourth-order valence-electron chi connectivity index (χ4n) is 2.56. The molecule has 0 saturated carbocycles. The molecular formula is C14H19N4O2S+. The molecule has 0 aliphatic carbocycles. The lowest BCUT2D eigenvalue weighted by Crippen LogP contribution is -3.13. The lowest BCUT2D eigenvalue weighted by Gasteiger charge is -2.22. The minimum Gasteiger partial charge on any atom is -0.459 e. The highest BCUT2D eigenvalue weighted by Crippen LogP contribution is 2.16. The molecule has 0 unspecified atom stereocenters. The van der Waals surface area contributed by atoms with Crippen LogP contribution in [0, 0.1) is 0 Å². The number of carbonyl (C=O) groups excluding carboxylic acids is 1. The number of likely N-dealkylation sites (tertiary alicyclic amines) is 1. The Kier molecular flexibility index (Phi) is 4.62. The zero-order chi connectivity index (χ0) is 14.5. The number of hydrogen-bond acceptors (Lipinski definition) is 5. The molecule has 2 aromatic rings. The highest BCUT2D eigenvalue weighted by molar-refractivity contribution is 7.15. The van der Waals surface area contributed by atoms with Crippen LogP contribution in [0.3, 0.4) is 0 Å². The molecular weight excluding hydrogens is 288 g/mol. The smallest absolute Gasteiger partial charge is 0.293 e. The van der Waals surface area contributed by atoms with Crippen LogP contribution in [0.25, 0.3) is 0 Å². The van der Waals surface area contributed by atoms with Gasteiger partial charge in [0, 0.05) is 0 Å². The van der Waals surface area contributed by atoms with Crippen LogP contribution < -0.4 is 10.2 Å². The van der Waals surface area contributed by atoms with Gasteiger partial charge in [-0.1, -0.05) is 11.3 Å². The molecule has 2 aromatic heterocycles. The minimum absolute atomic E-state index is 0.282. The van der Waals surface area contributed by atoms with Crippen molar-refractivity contribution in [2.24, 2.45) is 0 Å². The lowest BCUT2D eigenvalue weighted by molar-refractivity contribution is -0.904. The summed E-state index contributed by atoms with van der Waals surface area (Å²) in [5.74, 6) is -0.00568. The van der Waals surface area contributed by atoms with Crippen LogP contribution >= 0.6 is 11.3 Å². The van der Waals surface area contributed by atoms with Gasteiger partial charge in [-0.25, -0.2) is 0 Å². The Bertz CT molecular complexity index is 576. The molecule has 6 nitrogen and oxygen atoms in total. The maximum absolute atomic E-state index is 11.8. The van der Waals surface area contributed by atoms with E-state index in [1.54, 1.807) is 17.0 Å². The van der Waals surface area contributed by atoms with E-state index in [9.17, 15) is 4.79 Å². The average molecular weight is 307 g/mol. The van der Waals surface area contributed by atoms with Gasteiger partial charge in [0.15, 0.2) is 5.76 Å². The van der Waals surface area contributed by atoms with E-state index in [-0.39, 0.29) is 11.7 Å². The summed E-state index contributed by atoms with van der Waals surface area (Å²) < 4.78 is 5.04. The van der Waals surface area contributed by atoms with Gasteiger partial charge in [-0.3, -0.25) is 10.1 Å². The number of carbonyl (C=O) groups is 1. The highest BCUT2D eigenvalue weighted by Gasteiger charge is 2.16. The molecule has 1 aliphatic heterocycles. The monoisotopic (exact) mass is 307 g/mol. The van der Waals surface area contributed by atoms with Crippen molar-refractivity contribution >= 4 is 22.4 Å². The molecule has 0 atom stereocenters. The molecule has 1 fully saturated rings. The maximum atomic E-state index is 11.8. The van der Waals surface area contributed by atoms with Gasteiger partial charge in [-0.05, 0) is 31.4 Å². The molecule has 0 bridgehead atoms. The number of anilines is 1. The summed E-state index contributed by atoms with van der Waals surface area (Å²) in [5, 5.41) is 12.4. The molecule has 0 aromatic carbocycles. The number of nitrogens with one attached hydrogen (secondary N) is 2. The van der Waals surface area contributed by atoms with E-state index in [1.807, 2.05) is 0 Å². The van der Waals surface area contributed by atoms with Crippen molar-refractivity contribution in [3.05, 3.63) is 29.2 Å². The van der Waals surface area contributed by atoms with Crippen LogP contribution in [0.5, 0.6) is 0 Å². The number of piperidine rings is 1. The number of amides is 1. The van der Waals surface area contributed by atoms with Crippen molar-refractivity contribution in [3.63, 3.8) is 0 Å². The fraction of sp³-hybridized carbons (Fsp3) is 0.500. The Balaban J connectivity index is 1.50. The molecule has 0 spiro atoms. The predicted octanol–water partition coefficient (Wildman–Crippen LogP) is 0.995. The van der Waals surface area contributed by atoms with Crippen molar-refractivity contribution in [2.45, 2.75) is 25.7 Å². The number of nitrogens with zero attached hydrogens (tertiary/aromatic N) is 2. The Morgan fingerprint density at radius 2 is 2.19 bits per heavy atom. The fourth-order valence-corrected chi connectivity index (χ4v) is 3.29. The number of hydrogen-bond donors (Lipinski definition) is 2. The van der Waals surface area contributed by atoms with Gasteiger partial charge in [0.2, 0.25) is 5.13 Å². The zero-order valence-electron chi connectivity index (χ0n) is 11.8. The molecule has 7 heteroatoms. The zero-order valence-corrected chi connectivity index (χ0v) is 12.6. The summed E-state index contributed by atoms with van der Waals surface area (Å²) in [6.07, 6.45) is 6.42. The van der Waals surface area contributed by atoms with Crippen LogP contribution in [0.2, 0.25) is 0 Å². The van der Waals surface area contributed by atoms with E-state index >= 15 is 0 Å². The van der Waals surface area contributed by atoms with Crippen molar-refractivity contribution in [3.8, 4) is 0 Å². The average Bonchev–Trinajstić information content (AvgIpc) is 3.18. The second-order valence-corrected chi connectivity index (χ2v) is 6.31. The highest BCUT2D eigenvalue weighted by atomic mass is 32.1. The molecule has 21 heavy (non-hydrogen) atoms. The van der Waals surface area contributed by atoms with E-state index in [2.05, 4.69) is 15.5 Å². The lowest BCUT2D eigenvalue weighted by atomic mass is 10.1. The summed E-state index contributed by atoms with van der Waals surface area (Å²) >= 11 is 1.44. The quantitative estimate of drug-likeness (QED) is 0.864. The van der Waals surface area contributed by atoms with E-state index in [1.165, 1.54) is 50.0 Å². The molecule has 0 radical (unpaired) electrons. The van der Waals surface area contributed by atoms with E-state index in [0.717, 1.165) is 18.0 Å². The largest absolute Gasteiger partial charge is 0.459 e. The summed E-state index contributed by atoms with van der Waals surface area (Å²) in [6, 6.07) is 3.30. The van der Waals surface area contributed by atoms with Crippen molar-refractivity contribution in [1.82, 2.24) is 10.2 Å². The first kappa shape index (κ1) is 14.2. The Morgan fingerprint density at radius 3 is 2.95 bits per heavy atom. The third kappa shape index (κ3) is 3.89. The summed E-state index contributed by atoms with van der Waals surface area (Å²) in [4.78, 5) is 13.5. The summed E-state index contributed by atoms with van der Waals surface area (Å²) in [7, 11) is 0. The van der Waals surface area contributed by atoms with Crippen LogP contribution in [-0.4, -0.2) is 35.7 Å². The number of furan rings is 1. The first-order valence-corrected chi connectivity index (χ1v) is 8.14. The van der Waals surface area contributed by atoms with Gasteiger partial charge in [-0.2, -0.15) is 0 Å². The third-order valence-electron chi connectivity index (χ3n) is 3.69. The standard InChI is InChI=1S/C14H18N4O2S/c19-13(11-5-4-10-20-11)15-14-17-16-12(21-14)6-9-18-7-2-1-3-8-18/h4-5,10H,1-3,6-9H2,(H,15,17,19)/p+1. The van der Waals surface area contributed by atoms with E-state index in [0.29, 0.717) is 5.13 Å². The first-order chi connectivity index (χ1) is 10.3. The predicted molar refractivity (Wildman–Crippen MR) is 79.7 cm³/mol. The van der Waals surface area contributed by atoms with Gasteiger partial charge in [0.1, 0.15) is 5.01 Å². The summed E-state index contributed by atoms with van der Waals surface area (Å²) in [6.45, 7) is 3.63. The molecule has 1 saturated heterocycles. The topological polar surface area (TPSA) is 72.5 Å². The molecule has 3 heterocycles. The molecule has 112 valence electrons. The second-order valence-electron chi connectivity index (χ2n) is 5.24. The third-order valence-corrected chi connectivity index (χ3v) is 4.58. The van der Waals surface area contributed by atoms with Gasteiger partial charge >= 0.3 is 0 Å². The van der Waals surface area contributed by atoms with Crippen LogP contribution in [0.4, 0.5) is 5.13 Å². The molecule has 2 N–H and O–H groups in total. The summed E-state index contributed by atoms with van der Waals surface area (Å²) in [5.41, 5.74) is 0. The molecule has 1 amide bonds. The van der Waals surface area contributed by atoms with E-state index in [4.69, 9.17) is 4.42 Å². The Hall–Kier alpha value is -1.73. The van der Waals surface area contributed by atoms with Crippen molar-refractivity contribution in [2.75, 3.05) is 25.0 Å². The van der Waals surface area contributed by atoms with Crippen LogP contribution in [0.15, 0.2) is 22.8 Å². The number of quaternary nitrogens is 1. The molecule has 3 rings (SSSR count). The van der Waals surface area contributed by atoms with Gasteiger partial charge < -0.3 is 9.32 Å². The Labute approximate surface area is 127 Å². The van der Waals surface area contributed by atoms with E-state index < -0.39 is 0 Å². The van der Waals surface area contributed by atoms with Gasteiger partial charge in [0.25, 0.3) is 5.91 Å². The minimum atomic E-state index is -0.288. The number of aromatic nitrogens is 2. The van der Waals surface area contributed by atoms with Crippen molar-refractivity contribution < 1.29 is 14.1 Å². The van der Waals surface area contributed by atoms with Gasteiger partial charge in [0.05, 0.1) is 32.3 Å².